The molecule has 100 valence electrons. The second kappa shape index (κ2) is 4.75. The van der Waals surface area contributed by atoms with E-state index in [1.165, 1.54) is 17.1 Å². The first-order chi connectivity index (χ1) is 8.89. The molecule has 0 bridgehead atoms. The van der Waals surface area contributed by atoms with Gasteiger partial charge < -0.3 is 0 Å². The van der Waals surface area contributed by atoms with Crippen molar-refractivity contribution in [3.8, 4) is 0 Å². The fourth-order valence-corrected chi connectivity index (χ4v) is 1.51. The van der Waals surface area contributed by atoms with Gasteiger partial charge in [0.05, 0.1) is 11.1 Å². The van der Waals surface area contributed by atoms with E-state index in [0.29, 0.717) is 6.07 Å². The number of alkyl halides is 3. The average molecular weight is 272 g/mol. The summed E-state index contributed by atoms with van der Waals surface area (Å²) in [6.07, 6.45) is -1.92. The Hall–Kier alpha value is -2.31. The molecule has 0 spiro atoms. The molecule has 19 heavy (non-hydrogen) atoms. The lowest BCUT2D eigenvalue weighted by molar-refractivity contribution is -0.140. The Balaban J connectivity index is 2.33. The van der Waals surface area contributed by atoms with Gasteiger partial charge in [-0.25, -0.2) is 4.39 Å². The first-order valence-electron chi connectivity index (χ1n) is 5.19. The third-order valence-corrected chi connectivity index (χ3v) is 2.38. The van der Waals surface area contributed by atoms with Crippen LogP contribution in [-0.4, -0.2) is 10.6 Å². The lowest BCUT2D eigenvalue weighted by Crippen LogP contribution is -2.23. The first-order valence-corrected chi connectivity index (χ1v) is 5.19. The minimum Gasteiger partial charge on any atom is -0.268 e. The van der Waals surface area contributed by atoms with Crippen LogP contribution >= 0.6 is 0 Å². The number of nitrogens with zero attached hydrogens (tertiary/aromatic N) is 1. The molecule has 0 radical (unpaired) electrons. The summed E-state index contributed by atoms with van der Waals surface area (Å²) in [7, 11) is 0. The molecule has 1 heterocycles. The molecule has 0 aliphatic heterocycles. The molecule has 1 N–H and O–H groups in total. The fourth-order valence-electron chi connectivity index (χ4n) is 1.51. The molecule has 0 unspecified atom stereocenters. The average Bonchev–Trinajstić information content (AvgIpc) is 2.80. The van der Waals surface area contributed by atoms with E-state index in [2.05, 4.69) is 5.43 Å². The molecule has 1 amide bonds. The molecular weight excluding hydrogens is 264 g/mol. The van der Waals surface area contributed by atoms with Crippen molar-refractivity contribution in [1.29, 1.82) is 0 Å². The van der Waals surface area contributed by atoms with E-state index in [1.54, 1.807) is 12.1 Å². The van der Waals surface area contributed by atoms with Gasteiger partial charge in [-0.05, 0) is 24.3 Å². The molecule has 0 fully saturated rings. The van der Waals surface area contributed by atoms with Crippen LogP contribution in [0.3, 0.4) is 0 Å². The Morgan fingerprint density at radius 1 is 1.11 bits per heavy atom. The van der Waals surface area contributed by atoms with Crippen LogP contribution in [-0.2, 0) is 6.18 Å². The predicted octanol–water partition coefficient (Wildman–Crippen LogP) is 3.03. The second-order valence-corrected chi connectivity index (χ2v) is 3.70. The molecule has 0 saturated carbocycles. The number of carbonyl (C=O) groups is 1. The summed E-state index contributed by atoms with van der Waals surface area (Å²) < 4.78 is 52.3. The molecule has 0 atom stereocenters. The van der Waals surface area contributed by atoms with E-state index >= 15 is 0 Å². The van der Waals surface area contributed by atoms with Crippen LogP contribution in [0.15, 0.2) is 42.7 Å². The van der Waals surface area contributed by atoms with Crippen molar-refractivity contribution in [2.45, 2.75) is 6.18 Å². The Kier molecular flexibility index (Phi) is 3.28. The Morgan fingerprint density at radius 2 is 1.74 bits per heavy atom. The molecule has 0 aliphatic carbocycles. The minimum atomic E-state index is -4.84. The normalized spacial score (nSPS) is 11.4. The smallest absolute Gasteiger partial charge is 0.268 e. The maximum absolute atomic E-state index is 13.7. The number of carbonyl (C=O) groups excluding carboxylic acids is 1. The Labute approximate surface area is 105 Å². The highest BCUT2D eigenvalue weighted by atomic mass is 19.4. The fraction of sp³-hybridized carbons (Fsp3) is 0.0833. The summed E-state index contributed by atoms with van der Waals surface area (Å²) in [5.41, 5.74) is 0.0995. The van der Waals surface area contributed by atoms with E-state index in [4.69, 9.17) is 0 Å². The number of nitrogens with one attached hydrogen (secondary N) is 1. The summed E-state index contributed by atoms with van der Waals surface area (Å²) in [5, 5.41) is 0. The third-order valence-electron chi connectivity index (χ3n) is 2.38. The SMILES string of the molecule is O=C(Nn1cccc1)c1cccc(C(F)(F)F)c1F. The predicted molar refractivity (Wildman–Crippen MR) is 59.5 cm³/mol. The zero-order valence-corrected chi connectivity index (χ0v) is 9.41. The monoisotopic (exact) mass is 272 g/mol. The summed E-state index contributed by atoms with van der Waals surface area (Å²) in [6, 6.07) is 5.76. The molecule has 3 nitrogen and oxygen atoms in total. The van der Waals surface area contributed by atoms with Crippen molar-refractivity contribution in [2.24, 2.45) is 0 Å². The maximum atomic E-state index is 13.7. The zero-order chi connectivity index (χ0) is 14.0. The molecule has 0 aliphatic rings. The van der Waals surface area contributed by atoms with Gasteiger partial charge in [0.25, 0.3) is 5.91 Å². The summed E-state index contributed by atoms with van der Waals surface area (Å²) in [6.45, 7) is 0. The van der Waals surface area contributed by atoms with Crippen LogP contribution < -0.4 is 5.43 Å². The van der Waals surface area contributed by atoms with Gasteiger partial charge in [0.15, 0.2) is 0 Å². The number of hydrogen-bond donors (Lipinski definition) is 1. The number of rotatable bonds is 2. The molecule has 7 heteroatoms. The van der Waals surface area contributed by atoms with Crippen LogP contribution in [0.1, 0.15) is 15.9 Å². The molecule has 0 saturated heterocycles. The van der Waals surface area contributed by atoms with Crippen LogP contribution in [0.25, 0.3) is 0 Å². The van der Waals surface area contributed by atoms with Gasteiger partial charge >= 0.3 is 6.18 Å². The van der Waals surface area contributed by atoms with E-state index in [9.17, 15) is 22.4 Å². The van der Waals surface area contributed by atoms with Crippen LogP contribution in [0.5, 0.6) is 0 Å². The van der Waals surface area contributed by atoms with E-state index < -0.39 is 29.0 Å². The maximum Gasteiger partial charge on any atom is 0.419 e. The van der Waals surface area contributed by atoms with Gasteiger partial charge in [-0.15, -0.1) is 0 Å². The lowest BCUT2D eigenvalue weighted by atomic mass is 10.1. The number of aromatic nitrogens is 1. The Bertz CT molecular complexity index is 590. The highest BCUT2D eigenvalue weighted by molar-refractivity contribution is 6.00. The van der Waals surface area contributed by atoms with E-state index in [1.807, 2.05) is 0 Å². The second-order valence-electron chi connectivity index (χ2n) is 3.70. The van der Waals surface area contributed by atoms with Crippen molar-refractivity contribution in [2.75, 3.05) is 5.43 Å². The molecule has 2 rings (SSSR count). The summed E-state index contributed by atoms with van der Waals surface area (Å²) in [5.74, 6) is -2.54. The van der Waals surface area contributed by atoms with Crippen molar-refractivity contribution in [3.05, 3.63) is 59.7 Å². The van der Waals surface area contributed by atoms with Crippen molar-refractivity contribution < 1.29 is 22.4 Å². The quantitative estimate of drug-likeness (QED) is 0.838. The van der Waals surface area contributed by atoms with Crippen molar-refractivity contribution >= 4 is 5.91 Å². The molecule has 1 aromatic carbocycles. The lowest BCUT2D eigenvalue weighted by Gasteiger charge is -2.11. The van der Waals surface area contributed by atoms with Gasteiger partial charge in [0.2, 0.25) is 0 Å². The molecular formula is C12H8F4N2O. The number of benzene rings is 1. The summed E-state index contributed by atoms with van der Waals surface area (Å²) in [4.78, 5) is 11.7. The van der Waals surface area contributed by atoms with Crippen LogP contribution in [0, 0.1) is 5.82 Å². The minimum absolute atomic E-state index is 0.585. The van der Waals surface area contributed by atoms with E-state index in [0.717, 1.165) is 12.1 Å². The van der Waals surface area contributed by atoms with E-state index in [-0.39, 0.29) is 0 Å². The number of amides is 1. The van der Waals surface area contributed by atoms with Gasteiger partial charge in [0.1, 0.15) is 5.82 Å². The van der Waals surface area contributed by atoms with Crippen LogP contribution in [0.4, 0.5) is 17.6 Å². The number of halogens is 4. The highest BCUT2D eigenvalue weighted by Gasteiger charge is 2.35. The summed E-state index contributed by atoms with van der Waals surface area (Å²) >= 11 is 0. The van der Waals surface area contributed by atoms with Gasteiger partial charge in [-0.1, -0.05) is 6.07 Å². The van der Waals surface area contributed by atoms with Gasteiger partial charge in [0, 0.05) is 12.4 Å². The third kappa shape index (κ3) is 2.75. The standard InChI is InChI=1S/C12H8F4N2O/c13-10-8(4-3-5-9(10)12(14,15)16)11(19)17-18-6-1-2-7-18/h1-7H,(H,17,19). The van der Waals surface area contributed by atoms with Gasteiger partial charge in [-0.3, -0.25) is 14.9 Å². The number of hydrogen-bond acceptors (Lipinski definition) is 1. The van der Waals surface area contributed by atoms with Crippen molar-refractivity contribution in [3.63, 3.8) is 0 Å². The Morgan fingerprint density at radius 3 is 2.32 bits per heavy atom. The molecule has 1 aromatic heterocycles. The first kappa shape index (κ1) is 13.1. The largest absolute Gasteiger partial charge is 0.419 e. The highest BCUT2D eigenvalue weighted by Crippen LogP contribution is 2.32. The topological polar surface area (TPSA) is 34.0 Å². The van der Waals surface area contributed by atoms with Crippen molar-refractivity contribution in [1.82, 2.24) is 4.68 Å². The molecule has 2 aromatic rings. The van der Waals surface area contributed by atoms with Gasteiger partial charge in [-0.2, -0.15) is 13.2 Å². The van der Waals surface area contributed by atoms with Crippen LogP contribution in [0.2, 0.25) is 0 Å². The zero-order valence-electron chi connectivity index (χ0n) is 9.41.